The van der Waals surface area contributed by atoms with Crippen molar-refractivity contribution in [2.24, 2.45) is 0 Å². The van der Waals surface area contributed by atoms with E-state index in [0.29, 0.717) is 0 Å². The van der Waals surface area contributed by atoms with Crippen LogP contribution < -0.4 is 4.90 Å². The molecule has 2 rings (SSSR count). The van der Waals surface area contributed by atoms with Gasteiger partial charge < -0.3 is 10.0 Å². The number of thiophene rings is 1. The fraction of sp³-hybridized carbons (Fsp3) is 0.357. The van der Waals surface area contributed by atoms with Crippen LogP contribution in [-0.2, 0) is 4.79 Å². The lowest BCUT2D eigenvalue weighted by molar-refractivity contribution is -0.137. The zero-order chi connectivity index (χ0) is 13.0. The first kappa shape index (κ1) is 12.9. The van der Waals surface area contributed by atoms with E-state index >= 15 is 0 Å². The highest BCUT2D eigenvalue weighted by Crippen LogP contribution is 2.32. The monoisotopic (exact) mass is 263 g/mol. The summed E-state index contributed by atoms with van der Waals surface area (Å²) in [5.74, 6) is -0.710. The first-order chi connectivity index (χ1) is 8.68. The van der Waals surface area contributed by atoms with Crippen LogP contribution in [0.1, 0.15) is 19.3 Å². The van der Waals surface area contributed by atoms with E-state index in [1.807, 2.05) is 0 Å². The van der Waals surface area contributed by atoms with E-state index in [9.17, 15) is 4.79 Å². The number of rotatable bonds is 6. The Labute approximate surface area is 111 Å². The molecule has 4 heteroatoms. The van der Waals surface area contributed by atoms with Crippen LogP contribution in [0.4, 0.5) is 5.69 Å². The predicted octanol–water partition coefficient (Wildman–Crippen LogP) is 3.59. The van der Waals surface area contributed by atoms with Crippen molar-refractivity contribution < 1.29 is 9.90 Å². The fourth-order valence-corrected chi connectivity index (χ4v) is 3.01. The molecule has 96 valence electrons. The zero-order valence-corrected chi connectivity index (χ0v) is 11.2. The van der Waals surface area contributed by atoms with Gasteiger partial charge in [-0.25, -0.2) is 0 Å². The summed E-state index contributed by atoms with van der Waals surface area (Å²) in [7, 11) is 2.06. The lowest BCUT2D eigenvalue weighted by atomic mass is 10.2. The van der Waals surface area contributed by atoms with E-state index in [2.05, 4.69) is 41.6 Å². The molecule has 0 aliphatic carbocycles. The SMILES string of the molecule is CN(CCCCC(=O)O)c1csc2ccccc12. The lowest BCUT2D eigenvalue weighted by Crippen LogP contribution is -2.18. The summed E-state index contributed by atoms with van der Waals surface area (Å²) in [6.45, 7) is 0.897. The number of carbonyl (C=O) groups is 1. The summed E-state index contributed by atoms with van der Waals surface area (Å²) in [6, 6.07) is 8.36. The number of aliphatic carboxylic acids is 1. The number of unbranched alkanes of at least 4 members (excludes halogenated alkanes) is 1. The van der Waals surface area contributed by atoms with Gasteiger partial charge in [-0.1, -0.05) is 18.2 Å². The molecule has 0 radical (unpaired) electrons. The Morgan fingerprint density at radius 1 is 1.33 bits per heavy atom. The standard InChI is InChI=1S/C14H17NO2S/c1-15(9-5-4-8-14(16)17)12-10-18-13-7-3-2-6-11(12)13/h2-3,6-7,10H,4-5,8-9H2,1H3,(H,16,17). The number of fused-ring (bicyclic) bond motifs is 1. The molecule has 1 aromatic heterocycles. The number of carboxylic acid groups (broad SMARTS) is 1. The van der Waals surface area contributed by atoms with Crippen LogP contribution in [0.5, 0.6) is 0 Å². The minimum absolute atomic E-state index is 0.262. The number of anilines is 1. The van der Waals surface area contributed by atoms with Crippen LogP contribution in [0.2, 0.25) is 0 Å². The van der Waals surface area contributed by atoms with E-state index in [0.717, 1.165) is 19.4 Å². The van der Waals surface area contributed by atoms with Gasteiger partial charge in [0, 0.05) is 35.5 Å². The second-order valence-electron chi connectivity index (χ2n) is 4.39. The normalized spacial score (nSPS) is 10.7. The van der Waals surface area contributed by atoms with Crippen LogP contribution in [0, 0.1) is 0 Å². The van der Waals surface area contributed by atoms with Crippen molar-refractivity contribution >= 4 is 33.1 Å². The van der Waals surface area contributed by atoms with Crippen LogP contribution in [0.15, 0.2) is 29.6 Å². The number of carboxylic acids is 1. The third kappa shape index (κ3) is 3.01. The molecule has 0 unspecified atom stereocenters. The van der Waals surface area contributed by atoms with Crippen LogP contribution in [0.3, 0.4) is 0 Å². The van der Waals surface area contributed by atoms with E-state index in [1.54, 1.807) is 11.3 Å². The van der Waals surface area contributed by atoms with E-state index < -0.39 is 5.97 Å². The molecular formula is C14H17NO2S. The van der Waals surface area contributed by atoms with Gasteiger partial charge in [0.25, 0.3) is 0 Å². The van der Waals surface area contributed by atoms with Gasteiger partial charge in [-0.2, -0.15) is 0 Å². The summed E-state index contributed by atoms with van der Waals surface area (Å²) in [6.07, 6.45) is 1.91. The number of benzene rings is 1. The molecule has 1 heterocycles. The van der Waals surface area contributed by atoms with Gasteiger partial charge in [-0.3, -0.25) is 4.79 Å². The Kier molecular flexibility index (Phi) is 4.20. The Morgan fingerprint density at radius 3 is 2.89 bits per heavy atom. The average Bonchev–Trinajstić information content (AvgIpc) is 2.78. The topological polar surface area (TPSA) is 40.5 Å². The van der Waals surface area contributed by atoms with Gasteiger partial charge in [-0.15, -0.1) is 11.3 Å². The van der Waals surface area contributed by atoms with Gasteiger partial charge in [0.15, 0.2) is 0 Å². The fourth-order valence-electron chi connectivity index (χ4n) is 2.01. The molecule has 0 aliphatic heterocycles. The molecule has 0 saturated heterocycles. The van der Waals surface area contributed by atoms with Gasteiger partial charge >= 0.3 is 5.97 Å². The quantitative estimate of drug-likeness (QED) is 0.810. The Hall–Kier alpha value is -1.55. The predicted molar refractivity (Wildman–Crippen MR) is 76.6 cm³/mol. The largest absolute Gasteiger partial charge is 0.481 e. The summed E-state index contributed by atoms with van der Waals surface area (Å²) in [5, 5.41) is 12.0. The van der Waals surface area contributed by atoms with Crippen molar-refractivity contribution in [3.8, 4) is 0 Å². The summed E-state index contributed by atoms with van der Waals surface area (Å²) < 4.78 is 1.30. The Balaban J connectivity index is 1.96. The molecule has 0 spiro atoms. The first-order valence-electron chi connectivity index (χ1n) is 6.07. The molecule has 0 bridgehead atoms. The first-order valence-corrected chi connectivity index (χ1v) is 6.95. The van der Waals surface area contributed by atoms with Crippen molar-refractivity contribution in [2.75, 3.05) is 18.5 Å². The third-order valence-electron chi connectivity index (χ3n) is 3.01. The second kappa shape index (κ2) is 5.87. The van der Waals surface area contributed by atoms with Crippen molar-refractivity contribution in [1.82, 2.24) is 0 Å². The van der Waals surface area contributed by atoms with Gasteiger partial charge in [-0.05, 0) is 18.9 Å². The Bertz CT molecular complexity index is 535. The summed E-state index contributed by atoms with van der Waals surface area (Å²) in [5.41, 5.74) is 1.24. The highest BCUT2D eigenvalue weighted by atomic mass is 32.1. The second-order valence-corrected chi connectivity index (χ2v) is 5.30. The van der Waals surface area contributed by atoms with E-state index in [1.165, 1.54) is 15.8 Å². The molecular weight excluding hydrogens is 246 g/mol. The van der Waals surface area contributed by atoms with Gasteiger partial charge in [0.05, 0.1) is 5.69 Å². The maximum Gasteiger partial charge on any atom is 0.303 e. The van der Waals surface area contributed by atoms with Crippen LogP contribution >= 0.6 is 11.3 Å². The van der Waals surface area contributed by atoms with Gasteiger partial charge in [0.2, 0.25) is 0 Å². The molecule has 2 aromatic rings. The van der Waals surface area contributed by atoms with Crippen molar-refractivity contribution in [2.45, 2.75) is 19.3 Å². The Morgan fingerprint density at radius 2 is 2.11 bits per heavy atom. The maximum atomic E-state index is 10.4. The van der Waals surface area contributed by atoms with Crippen molar-refractivity contribution in [3.63, 3.8) is 0 Å². The third-order valence-corrected chi connectivity index (χ3v) is 3.96. The zero-order valence-electron chi connectivity index (χ0n) is 10.4. The number of nitrogens with zero attached hydrogens (tertiary/aromatic N) is 1. The molecule has 18 heavy (non-hydrogen) atoms. The van der Waals surface area contributed by atoms with E-state index in [4.69, 9.17) is 5.11 Å². The highest BCUT2D eigenvalue weighted by Gasteiger charge is 2.07. The van der Waals surface area contributed by atoms with Crippen LogP contribution in [-0.4, -0.2) is 24.7 Å². The number of hydrogen-bond acceptors (Lipinski definition) is 3. The number of hydrogen-bond donors (Lipinski definition) is 1. The summed E-state index contributed by atoms with van der Waals surface area (Å²) >= 11 is 1.75. The molecule has 3 nitrogen and oxygen atoms in total. The lowest BCUT2D eigenvalue weighted by Gasteiger charge is -2.18. The van der Waals surface area contributed by atoms with Crippen LogP contribution in [0.25, 0.3) is 10.1 Å². The van der Waals surface area contributed by atoms with Gasteiger partial charge in [0.1, 0.15) is 0 Å². The summed E-state index contributed by atoms with van der Waals surface area (Å²) in [4.78, 5) is 12.6. The average molecular weight is 263 g/mol. The molecule has 0 amide bonds. The molecule has 0 fully saturated rings. The molecule has 0 atom stereocenters. The van der Waals surface area contributed by atoms with Crippen molar-refractivity contribution in [1.29, 1.82) is 0 Å². The molecule has 0 aliphatic rings. The smallest absolute Gasteiger partial charge is 0.303 e. The molecule has 1 aromatic carbocycles. The minimum Gasteiger partial charge on any atom is -0.481 e. The molecule has 0 saturated carbocycles. The maximum absolute atomic E-state index is 10.4. The molecule has 1 N–H and O–H groups in total. The highest BCUT2D eigenvalue weighted by molar-refractivity contribution is 7.17. The van der Waals surface area contributed by atoms with E-state index in [-0.39, 0.29) is 6.42 Å². The van der Waals surface area contributed by atoms with Crippen molar-refractivity contribution in [3.05, 3.63) is 29.6 Å². The minimum atomic E-state index is -0.710.